The molecule has 0 saturated heterocycles. The van der Waals surface area contributed by atoms with Gasteiger partial charge in [-0.3, -0.25) is 4.79 Å². The summed E-state index contributed by atoms with van der Waals surface area (Å²) >= 11 is 0. The Labute approximate surface area is 252 Å². The molecule has 0 saturated carbocycles. The molecular formula is C37H60NO3+. The van der Waals surface area contributed by atoms with Crippen molar-refractivity contribution < 1.29 is 18.8 Å². The molecule has 0 amide bonds. The lowest BCUT2D eigenvalue weighted by atomic mass is 10.0. The lowest BCUT2D eigenvalue weighted by Gasteiger charge is -2.30. The van der Waals surface area contributed by atoms with Crippen molar-refractivity contribution in [2.75, 3.05) is 20.6 Å². The number of carbonyl (C=O) groups excluding carboxylic acids is 1. The highest BCUT2D eigenvalue weighted by Gasteiger charge is 2.19. The highest BCUT2D eigenvalue weighted by Crippen LogP contribution is 2.24. The fourth-order valence-electron chi connectivity index (χ4n) is 5.50. The first-order chi connectivity index (χ1) is 19.9. The maximum atomic E-state index is 12.7. The highest BCUT2D eigenvalue weighted by molar-refractivity contribution is 5.69. The van der Waals surface area contributed by atoms with Crippen LogP contribution in [0.25, 0.3) is 0 Å². The molecule has 1 atom stereocenters. The molecule has 41 heavy (non-hydrogen) atoms. The number of quaternary nitrogens is 1. The quantitative estimate of drug-likeness (QED) is 0.0549. The fourth-order valence-corrected chi connectivity index (χ4v) is 5.50. The Morgan fingerprint density at radius 2 is 1.32 bits per heavy atom. The van der Waals surface area contributed by atoms with Crippen LogP contribution in [0.4, 0.5) is 0 Å². The lowest BCUT2D eigenvalue weighted by Crippen LogP contribution is -2.39. The van der Waals surface area contributed by atoms with Gasteiger partial charge in [0.05, 0.1) is 20.6 Å². The van der Waals surface area contributed by atoms with E-state index >= 15 is 0 Å². The summed E-state index contributed by atoms with van der Waals surface area (Å²) in [6.45, 7) is 6.41. The molecule has 0 bridgehead atoms. The largest absolute Gasteiger partial charge is 0.455 e. The standard InChI is InChI=1S/C37H60NO3/c1-5-7-8-9-10-11-12-13-14-15-19-27-34-28-20-21-29-35(34)40-37(24-6-2)41-36(39)30-22-23-31-38(3,4)32-33-25-17-16-18-26-33/h16-18,20-21,25-26,28-29,37H,5-15,19,22-24,27,30-32H2,1-4H3/q+1. The number of esters is 1. The Balaban J connectivity index is 1.68. The topological polar surface area (TPSA) is 35.5 Å². The predicted octanol–water partition coefficient (Wildman–Crippen LogP) is 10.0. The molecule has 0 heterocycles. The molecule has 0 fully saturated rings. The summed E-state index contributed by atoms with van der Waals surface area (Å²) < 4.78 is 13.0. The van der Waals surface area contributed by atoms with E-state index in [1.807, 2.05) is 12.1 Å². The van der Waals surface area contributed by atoms with Crippen LogP contribution in [0.2, 0.25) is 0 Å². The van der Waals surface area contributed by atoms with E-state index in [0.717, 1.165) is 49.0 Å². The van der Waals surface area contributed by atoms with Gasteiger partial charge >= 0.3 is 5.97 Å². The first-order valence-electron chi connectivity index (χ1n) is 16.7. The molecule has 4 nitrogen and oxygen atoms in total. The summed E-state index contributed by atoms with van der Waals surface area (Å²) in [5.74, 6) is 0.713. The minimum Gasteiger partial charge on any atom is -0.455 e. The van der Waals surface area contributed by atoms with Crippen LogP contribution in [0.3, 0.4) is 0 Å². The van der Waals surface area contributed by atoms with Gasteiger partial charge in [-0.25, -0.2) is 0 Å². The monoisotopic (exact) mass is 566 g/mol. The molecular weight excluding hydrogens is 506 g/mol. The molecule has 0 radical (unpaired) electrons. The predicted molar refractivity (Wildman–Crippen MR) is 173 cm³/mol. The third kappa shape index (κ3) is 16.6. The first kappa shape index (κ1) is 34.9. The smallest absolute Gasteiger partial charge is 0.308 e. The van der Waals surface area contributed by atoms with E-state index in [0.29, 0.717) is 12.8 Å². The Morgan fingerprint density at radius 1 is 0.707 bits per heavy atom. The van der Waals surface area contributed by atoms with Crippen molar-refractivity contribution in [3.05, 3.63) is 65.7 Å². The van der Waals surface area contributed by atoms with Gasteiger partial charge in [-0.15, -0.1) is 0 Å². The van der Waals surface area contributed by atoms with Crippen LogP contribution < -0.4 is 4.74 Å². The SMILES string of the molecule is CCCCCCCCCCCCCc1ccccc1OC(CCC)OC(=O)CCCC[N+](C)(C)Cc1ccccc1. The number of nitrogens with zero attached hydrogens (tertiary/aromatic N) is 1. The number of hydrogen-bond donors (Lipinski definition) is 0. The molecule has 1 unspecified atom stereocenters. The molecule has 2 aromatic rings. The van der Waals surface area contributed by atoms with Gasteiger partial charge in [0.2, 0.25) is 6.29 Å². The Bertz CT molecular complexity index is 927. The van der Waals surface area contributed by atoms with Gasteiger partial charge in [-0.1, -0.05) is 127 Å². The zero-order chi connectivity index (χ0) is 29.6. The summed E-state index contributed by atoms with van der Waals surface area (Å²) in [7, 11) is 4.51. The average molecular weight is 567 g/mol. The molecule has 0 aliphatic heterocycles. The van der Waals surface area contributed by atoms with Crippen molar-refractivity contribution in [1.29, 1.82) is 0 Å². The number of ether oxygens (including phenoxy) is 2. The van der Waals surface area contributed by atoms with Gasteiger partial charge in [0.1, 0.15) is 12.3 Å². The number of aryl methyl sites for hydroxylation is 1. The van der Waals surface area contributed by atoms with E-state index in [2.05, 4.69) is 70.4 Å². The fraction of sp³-hybridized carbons (Fsp3) is 0.649. The van der Waals surface area contributed by atoms with Crippen LogP contribution >= 0.6 is 0 Å². The number of rotatable bonds is 24. The van der Waals surface area contributed by atoms with Crippen LogP contribution in [0, 0.1) is 0 Å². The second kappa shape index (κ2) is 21.4. The Morgan fingerprint density at radius 3 is 1.98 bits per heavy atom. The minimum atomic E-state index is -0.517. The third-order valence-electron chi connectivity index (χ3n) is 7.92. The summed E-state index contributed by atoms with van der Waals surface area (Å²) in [6.07, 6.45) is 19.2. The van der Waals surface area contributed by atoms with Crippen LogP contribution in [0.1, 0.15) is 128 Å². The second-order valence-electron chi connectivity index (χ2n) is 12.5. The molecule has 230 valence electrons. The molecule has 2 rings (SSSR count). The molecule has 0 aliphatic carbocycles. The number of hydrogen-bond acceptors (Lipinski definition) is 3. The number of unbranched alkanes of at least 4 members (excludes halogenated alkanes) is 11. The summed E-state index contributed by atoms with van der Waals surface area (Å²) in [6, 6.07) is 18.9. The van der Waals surface area contributed by atoms with Gasteiger partial charge in [-0.2, -0.15) is 0 Å². The van der Waals surface area contributed by atoms with Crippen LogP contribution in [-0.4, -0.2) is 37.4 Å². The highest BCUT2D eigenvalue weighted by atomic mass is 16.7. The molecule has 0 spiro atoms. The lowest BCUT2D eigenvalue weighted by molar-refractivity contribution is -0.903. The van der Waals surface area contributed by atoms with E-state index < -0.39 is 6.29 Å². The van der Waals surface area contributed by atoms with Crippen LogP contribution in [0.15, 0.2) is 54.6 Å². The van der Waals surface area contributed by atoms with Crippen LogP contribution in [0.5, 0.6) is 5.75 Å². The number of benzene rings is 2. The molecule has 4 heteroatoms. The van der Waals surface area contributed by atoms with Crippen molar-refractivity contribution in [3.63, 3.8) is 0 Å². The number of carbonyl (C=O) groups is 1. The molecule has 0 aromatic heterocycles. The van der Waals surface area contributed by atoms with Gasteiger partial charge in [0.25, 0.3) is 0 Å². The van der Waals surface area contributed by atoms with E-state index in [1.54, 1.807) is 0 Å². The van der Waals surface area contributed by atoms with Crippen molar-refractivity contribution >= 4 is 5.97 Å². The summed E-state index contributed by atoms with van der Waals surface area (Å²) in [4.78, 5) is 12.7. The molecule has 0 aliphatic rings. The van der Waals surface area contributed by atoms with Crippen molar-refractivity contribution in [2.45, 2.75) is 136 Å². The van der Waals surface area contributed by atoms with Gasteiger partial charge in [-0.05, 0) is 43.7 Å². The van der Waals surface area contributed by atoms with Gasteiger partial charge < -0.3 is 14.0 Å². The van der Waals surface area contributed by atoms with E-state index in [9.17, 15) is 4.79 Å². The third-order valence-corrected chi connectivity index (χ3v) is 7.92. The van der Waals surface area contributed by atoms with Crippen molar-refractivity contribution in [3.8, 4) is 5.75 Å². The molecule has 2 aromatic carbocycles. The van der Waals surface area contributed by atoms with Crippen LogP contribution in [-0.2, 0) is 22.5 Å². The van der Waals surface area contributed by atoms with Crippen molar-refractivity contribution in [1.82, 2.24) is 0 Å². The van der Waals surface area contributed by atoms with E-state index in [4.69, 9.17) is 9.47 Å². The zero-order valence-corrected chi connectivity index (χ0v) is 26.9. The zero-order valence-electron chi connectivity index (χ0n) is 26.9. The maximum absolute atomic E-state index is 12.7. The first-order valence-corrected chi connectivity index (χ1v) is 16.7. The summed E-state index contributed by atoms with van der Waals surface area (Å²) in [5.41, 5.74) is 2.57. The van der Waals surface area contributed by atoms with Crippen molar-refractivity contribution in [2.24, 2.45) is 0 Å². The van der Waals surface area contributed by atoms with Gasteiger partial charge in [0.15, 0.2) is 0 Å². The normalized spacial score (nSPS) is 12.3. The van der Waals surface area contributed by atoms with E-state index in [-0.39, 0.29) is 5.97 Å². The Kier molecular flexibility index (Phi) is 18.2. The Hall–Kier alpha value is -2.33. The van der Waals surface area contributed by atoms with Gasteiger partial charge in [0, 0.05) is 18.4 Å². The second-order valence-corrected chi connectivity index (χ2v) is 12.5. The number of para-hydroxylation sites is 1. The van der Waals surface area contributed by atoms with E-state index in [1.165, 1.54) is 81.8 Å². The molecule has 0 N–H and O–H groups in total. The summed E-state index contributed by atoms with van der Waals surface area (Å²) in [5, 5.41) is 0. The average Bonchev–Trinajstić information content (AvgIpc) is 2.95. The maximum Gasteiger partial charge on any atom is 0.308 e. The minimum absolute atomic E-state index is 0.153.